The quantitative estimate of drug-likeness (QED) is 0.403. The lowest BCUT2D eigenvalue weighted by Gasteiger charge is -2.26. The average molecular weight is 342 g/mol. The first-order valence-corrected chi connectivity index (χ1v) is 7.71. The number of hydrogen-bond donors (Lipinski definition) is 1. The van der Waals surface area contributed by atoms with Gasteiger partial charge in [-0.05, 0) is 0 Å². The van der Waals surface area contributed by atoms with Crippen molar-refractivity contribution in [1.82, 2.24) is 10.2 Å². The molecule has 2 aliphatic heterocycles. The molecular weight excluding hydrogens is 328 g/mol. The maximum atomic E-state index is 13.1. The van der Waals surface area contributed by atoms with Gasteiger partial charge in [-0.1, -0.05) is 24.3 Å². The van der Waals surface area contributed by atoms with Gasteiger partial charge in [0, 0.05) is 18.2 Å². The molecule has 0 unspecified atom stereocenters. The van der Waals surface area contributed by atoms with Crippen molar-refractivity contribution in [3.63, 3.8) is 0 Å². The third kappa shape index (κ3) is 1.62. The standard InChI is InChI=1S/C17H14N2O6/c1-19-14(22)9-10(15(19)23)17(18-11(9)16(24)25-2)12(20)7-5-3-4-6-8(7)13(17)21/h3-6,9-11,18H,1-2H3/t9-,10-,11+/m0/s1. The summed E-state index contributed by atoms with van der Waals surface area (Å²) in [6.07, 6.45) is 0. The van der Waals surface area contributed by atoms with E-state index >= 15 is 0 Å². The summed E-state index contributed by atoms with van der Waals surface area (Å²) in [6, 6.07) is 4.98. The predicted octanol–water partition coefficient (Wildman–Crippen LogP) is -0.820. The lowest BCUT2D eigenvalue weighted by Crippen LogP contribution is -2.59. The Kier molecular flexibility index (Phi) is 3.02. The number of hydrogen-bond acceptors (Lipinski definition) is 7. The summed E-state index contributed by atoms with van der Waals surface area (Å²) < 4.78 is 4.71. The molecule has 1 spiro atoms. The van der Waals surface area contributed by atoms with E-state index < -0.39 is 52.8 Å². The summed E-state index contributed by atoms with van der Waals surface area (Å²) in [7, 11) is 2.42. The van der Waals surface area contributed by atoms with Crippen molar-refractivity contribution in [1.29, 1.82) is 0 Å². The second kappa shape index (κ2) is 4.82. The maximum absolute atomic E-state index is 13.1. The Morgan fingerprint density at radius 1 is 1.08 bits per heavy atom. The van der Waals surface area contributed by atoms with Crippen molar-refractivity contribution in [3.05, 3.63) is 35.4 Å². The van der Waals surface area contributed by atoms with E-state index in [0.29, 0.717) is 0 Å². The number of nitrogens with zero attached hydrogens (tertiary/aromatic N) is 1. The van der Waals surface area contributed by atoms with Gasteiger partial charge >= 0.3 is 5.97 Å². The number of imide groups is 1. The van der Waals surface area contributed by atoms with E-state index in [1.54, 1.807) is 12.1 Å². The third-order valence-electron chi connectivity index (χ3n) is 5.37. The van der Waals surface area contributed by atoms with Crippen LogP contribution in [0.5, 0.6) is 0 Å². The first-order chi connectivity index (χ1) is 11.9. The lowest BCUT2D eigenvalue weighted by molar-refractivity contribution is -0.147. The number of carbonyl (C=O) groups excluding carboxylic acids is 5. The van der Waals surface area contributed by atoms with Gasteiger partial charge in [0.05, 0.1) is 18.9 Å². The summed E-state index contributed by atoms with van der Waals surface area (Å²) in [5.74, 6) is -5.64. The first kappa shape index (κ1) is 15.6. The van der Waals surface area contributed by atoms with E-state index in [0.717, 1.165) is 12.0 Å². The van der Waals surface area contributed by atoms with Crippen molar-refractivity contribution in [2.45, 2.75) is 11.6 Å². The van der Waals surface area contributed by atoms with Crippen LogP contribution in [0.25, 0.3) is 0 Å². The largest absolute Gasteiger partial charge is 0.468 e. The lowest BCUT2D eigenvalue weighted by atomic mass is 9.77. The molecule has 2 amide bonds. The SMILES string of the molecule is COC(=O)[C@@H]1NC2(C(=O)c3ccccc3C2=O)[C@@H]2C(=O)N(C)C(=O)[C@@H]21. The first-order valence-electron chi connectivity index (χ1n) is 7.71. The Morgan fingerprint density at radius 2 is 1.64 bits per heavy atom. The second-order valence-electron chi connectivity index (χ2n) is 6.40. The maximum Gasteiger partial charge on any atom is 0.323 e. The molecule has 1 aromatic rings. The zero-order chi connectivity index (χ0) is 18.1. The molecule has 25 heavy (non-hydrogen) atoms. The van der Waals surface area contributed by atoms with Gasteiger partial charge in [-0.25, -0.2) is 0 Å². The van der Waals surface area contributed by atoms with Crippen molar-refractivity contribution >= 4 is 29.4 Å². The normalized spacial score (nSPS) is 29.4. The monoisotopic (exact) mass is 342 g/mol. The van der Waals surface area contributed by atoms with Gasteiger partial charge in [0.15, 0.2) is 17.1 Å². The molecule has 8 nitrogen and oxygen atoms in total. The van der Waals surface area contributed by atoms with E-state index in [1.807, 2.05) is 0 Å². The highest BCUT2D eigenvalue weighted by Crippen LogP contribution is 2.48. The number of rotatable bonds is 1. The molecular formula is C17H14N2O6. The minimum absolute atomic E-state index is 0.180. The van der Waals surface area contributed by atoms with Gasteiger partial charge in [-0.3, -0.25) is 34.2 Å². The number of ketones is 2. The molecule has 1 N–H and O–H groups in total. The van der Waals surface area contributed by atoms with Gasteiger partial charge < -0.3 is 4.74 Å². The summed E-state index contributed by atoms with van der Waals surface area (Å²) >= 11 is 0. The fourth-order valence-electron chi connectivity index (χ4n) is 4.20. The van der Waals surface area contributed by atoms with Crippen LogP contribution in [0.4, 0.5) is 0 Å². The fourth-order valence-corrected chi connectivity index (χ4v) is 4.20. The number of nitrogens with one attached hydrogen (secondary N) is 1. The minimum Gasteiger partial charge on any atom is -0.468 e. The number of likely N-dealkylation sites (tertiary alicyclic amines) is 1. The smallest absolute Gasteiger partial charge is 0.323 e. The van der Waals surface area contributed by atoms with Gasteiger partial charge in [0.2, 0.25) is 11.8 Å². The molecule has 2 fully saturated rings. The number of benzene rings is 1. The van der Waals surface area contributed by atoms with Gasteiger partial charge in [-0.2, -0.15) is 0 Å². The number of amides is 2. The van der Waals surface area contributed by atoms with E-state index in [9.17, 15) is 24.0 Å². The molecule has 2 saturated heterocycles. The van der Waals surface area contributed by atoms with Crippen LogP contribution < -0.4 is 5.32 Å². The molecule has 3 atom stereocenters. The molecule has 0 aromatic heterocycles. The van der Waals surface area contributed by atoms with Crippen LogP contribution in [0.2, 0.25) is 0 Å². The Balaban J connectivity index is 1.93. The van der Waals surface area contributed by atoms with Crippen LogP contribution in [-0.4, -0.2) is 60.0 Å². The molecule has 1 aliphatic carbocycles. The number of fused-ring (bicyclic) bond motifs is 3. The Hall–Kier alpha value is -2.87. The second-order valence-corrected chi connectivity index (χ2v) is 6.40. The zero-order valence-corrected chi connectivity index (χ0v) is 13.4. The predicted molar refractivity (Wildman–Crippen MR) is 81.5 cm³/mol. The number of esters is 1. The Bertz CT molecular complexity index is 841. The molecule has 128 valence electrons. The third-order valence-corrected chi connectivity index (χ3v) is 5.37. The summed E-state index contributed by atoms with van der Waals surface area (Å²) in [5.41, 5.74) is -1.58. The average Bonchev–Trinajstić information content (AvgIpc) is 3.17. The van der Waals surface area contributed by atoms with Crippen LogP contribution in [0.1, 0.15) is 20.7 Å². The fraction of sp³-hybridized carbons (Fsp3) is 0.353. The van der Waals surface area contributed by atoms with E-state index in [1.165, 1.54) is 19.2 Å². The van der Waals surface area contributed by atoms with E-state index in [-0.39, 0.29) is 11.1 Å². The van der Waals surface area contributed by atoms with Crippen molar-refractivity contribution in [3.8, 4) is 0 Å². The molecule has 3 aliphatic rings. The van der Waals surface area contributed by atoms with Gasteiger partial charge in [0.1, 0.15) is 6.04 Å². The van der Waals surface area contributed by atoms with Crippen LogP contribution in [-0.2, 0) is 19.1 Å². The van der Waals surface area contributed by atoms with Crippen LogP contribution in [0, 0.1) is 11.8 Å². The van der Waals surface area contributed by atoms with E-state index in [2.05, 4.69) is 5.32 Å². The highest BCUT2D eigenvalue weighted by Gasteiger charge is 2.73. The summed E-state index contributed by atoms with van der Waals surface area (Å²) in [6.45, 7) is 0. The molecule has 2 heterocycles. The highest BCUT2D eigenvalue weighted by molar-refractivity contribution is 6.36. The Labute approximate surface area is 142 Å². The molecule has 0 saturated carbocycles. The van der Waals surface area contributed by atoms with Crippen LogP contribution in [0.3, 0.4) is 0 Å². The molecule has 1 aromatic carbocycles. The summed E-state index contributed by atoms with van der Waals surface area (Å²) in [5, 5.41) is 2.70. The number of ether oxygens (including phenoxy) is 1. The zero-order valence-electron chi connectivity index (χ0n) is 13.4. The molecule has 0 bridgehead atoms. The molecule has 4 rings (SSSR count). The number of methoxy groups -OCH3 is 1. The highest BCUT2D eigenvalue weighted by atomic mass is 16.5. The number of Topliss-reactive ketones (excluding diaryl/α,β-unsaturated/α-hetero) is 2. The Morgan fingerprint density at radius 3 is 2.16 bits per heavy atom. The number of carbonyl (C=O) groups is 5. The van der Waals surface area contributed by atoms with Crippen molar-refractivity contribution < 1.29 is 28.7 Å². The van der Waals surface area contributed by atoms with Crippen LogP contribution in [0.15, 0.2) is 24.3 Å². The van der Waals surface area contributed by atoms with Gasteiger partial charge in [0.25, 0.3) is 0 Å². The minimum atomic E-state index is -1.94. The van der Waals surface area contributed by atoms with E-state index in [4.69, 9.17) is 4.74 Å². The topological polar surface area (TPSA) is 110 Å². The summed E-state index contributed by atoms with van der Waals surface area (Å²) in [4.78, 5) is 64.3. The molecule has 8 heteroatoms. The van der Waals surface area contributed by atoms with Crippen molar-refractivity contribution in [2.24, 2.45) is 11.8 Å². The molecule has 0 radical (unpaired) electrons. The van der Waals surface area contributed by atoms with Gasteiger partial charge in [-0.15, -0.1) is 0 Å². The van der Waals surface area contributed by atoms with Crippen LogP contribution >= 0.6 is 0 Å². The van der Waals surface area contributed by atoms with Crippen molar-refractivity contribution in [2.75, 3.05) is 14.2 Å².